The molecular formula is C16H19FN2O. The summed E-state index contributed by atoms with van der Waals surface area (Å²) in [5.41, 5.74) is 2.40. The van der Waals surface area contributed by atoms with Gasteiger partial charge in [-0.05, 0) is 37.1 Å². The van der Waals surface area contributed by atoms with E-state index >= 15 is 0 Å². The molecule has 0 radical (unpaired) electrons. The summed E-state index contributed by atoms with van der Waals surface area (Å²) in [6, 6.07) is 8.22. The summed E-state index contributed by atoms with van der Waals surface area (Å²) in [7, 11) is 1.83. The molecule has 2 aromatic rings. The number of aryl methyl sites for hydroxylation is 1. The molecule has 1 amide bonds. The third-order valence-corrected chi connectivity index (χ3v) is 3.41. The molecule has 1 atom stereocenters. The molecule has 1 aromatic carbocycles. The van der Waals surface area contributed by atoms with Crippen molar-refractivity contribution in [3.05, 3.63) is 48.0 Å². The Balaban J connectivity index is 2.25. The van der Waals surface area contributed by atoms with Crippen molar-refractivity contribution < 1.29 is 9.18 Å². The Morgan fingerprint density at radius 1 is 1.30 bits per heavy atom. The molecule has 0 unspecified atom stereocenters. The van der Waals surface area contributed by atoms with Gasteiger partial charge in [0.05, 0.1) is 0 Å². The lowest BCUT2D eigenvalue weighted by Gasteiger charge is -2.11. The number of hydrogen-bond donors (Lipinski definition) is 1. The molecule has 20 heavy (non-hydrogen) atoms. The summed E-state index contributed by atoms with van der Waals surface area (Å²) in [4.78, 5) is 12.1. The highest BCUT2D eigenvalue weighted by molar-refractivity contribution is 5.94. The first-order valence-electron chi connectivity index (χ1n) is 6.74. The van der Waals surface area contributed by atoms with Gasteiger partial charge in [-0.1, -0.05) is 19.1 Å². The summed E-state index contributed by atoms with van der Waals surface area (Å²) < 4.78 is 14.7. The van der Waals surface area contributed by atoms with Gasteiger partial charge in [0, 0.05) is 24.8 Å². The minimum atomic E-state index is -0.264. The lowest BCUT2D eigenvalue weighted by atomic mass is 10.1. The molecule has 0 saturated carbocycles. The number of halogens is 1. The van der Waals surface area contributed by atoms with E-state index < -0.39 is 0 Å². The first-order valence-corrected chi connectivity index (χ1v) is 6.74. The van der Waals surface area contributed by atoms with Gasteiger partial charge in [-0.25, -0.2) is 4.39 Å². The molecule has 1 N–H and O–H groups in total. The zero-order chi connectivity index (χ0) is 14.7. The highest BCUT2D eigenvalue weighted by Crippen LogP contribution is 2.22. The molecule has 0 saturated heterocycles. The Hall–Kier alpha value is -2.10. The predicted molar refractivity (Wildman–Crippen MR) is 78.0 cm³/mol. The molecule has 2 rings (SSSR count). The van der Waals surface area contributed by atoms with Crippen molar-refractivity contribution in [2.24, 2.45) is 7.05 Å². The summed E-state index contributed by atoms with van der Waals surface area (Å²) in [6.07, 6.45) is 2.76. The van der Waals surface area contributed by atoms with Crippen molar-refractivity contribution in [2.75, 3.05) is 0 Å². The molecule has 1 aromatic heterocycles. The maximum Gasteiger partial charge on any atom is 0.268 e. The van der Waals surface area contributed by atoms with Crippen molar-refractivity contribution in [3.63, 3.8) is 0 Å². The fourth-order valence-corrected chi connectivity index (χ4v) is 1.99. The molecule has 0 aliphatic rings. The standard InChI is InChI=1S/C16H19FN2O/c1-4-11(2)18-16(20)15-9-13(10-19(15)3)12-5-7-14(17)8-6-12/h5-11H,4H2,1-3H3,(H,18,20)/t11-/m1/s1. The minimum Gasteiger partial charge on any atom is -0.348 e. The van der Waals surface area contributed by atoms with Crippen LogP contribution in [0.5, 0.6) is 0 Å². The molecule has 0 aliphatic carbocycles. The van der Waals surface area contributed by atoms with Crippen LogP contribution >= 0.6 is 0 Å². The number of carbonyl (C=O) groups is 1. The van der Waals surface area contributed by atoms with Crippen molar-refractivity contribution in [1.29, 1.82) is 0 Å². The molecule has 3 nitrogen and oxygen atoms in total. The maximum absolute atomic E-state index is 12.9. The van der Waals surface area contributed by atoms with Crippen molar-refractivity contribution in [2.45, 2.75) is 26.3 Å². The van der Waals surface area contributed by atoms with Gasteiger partial charge in [-0.3, -0.25) is 4.79 Å². The third-order valence-electron chi connectivity index (χ3n) is 3.41. The topological polar surface area (TPSA) is 34.0 Å². The molecule has 4 heteroatoms. The molecule has 0 fully saturated rings. The van der Waals surface area contributed by atoms with Gasteiger partial charge in [0.1, 0.15) is 11.5 Å². The van der Waals surface area contributed by atoms with Gasteiger partial charge in [-0.15, -0.1) is 0 Å². The van der Waals surface area contributed by atoms with E-state index in [2.05, 4.69) is 5.32 Å². The summed E-state index contributed by atoms with van der Waals surface area (Å²) in [6.45, 7) is 4.00. The molecule has 0 bridgehead atoms. The number of nitrogens with zero attached hydrogens (tertiary/aromatic N) is 1. The van der Waals surface area contributed by atoms with Gasteiger partial charge < -0.3 is 9.88 Å². The minimum absolute atomic E-state index is 0.0878. The lowest BCUT2D eigenvalue weighted by Crippen LogP contribution is -2.33. The van der Waals surface area contributed by atoms with Crippen LogP contribution in [0, 0.1) is 5.82 Å². The third kappa shape index (κ3) is 3.07. The second kappa shape index (κ2) is 5.90. The fourth-order valence-electron chi connectivity index (χ4n) is 1.99. The lowest BCUT2D eigenvalue weighted by molar-refractivity contribution is 0.0931. The zero-order valence-electron chi connectivity index (χ0n) is 12.0. The van der Waals surface area contributed by atoms with Crippen LogP contribution in [0.1, 0.15) is 30.8 Å². The summed E-state index contributed by atoms with van der Waals surface area (Å²) in [5.74, 6) is -0.352. The van der Waals surface area contributed by atoms with Gasteiger partial charge in [0.15, 0.2) is 0 Å². The normalized spacial score (nSPS) is 12.2. The van der Waals surface area contributed by atoms with Gasteiger partial charge in [0.25, 0.3) is 5.91 Å². The van der Waals surface area contributed by atoms with E-state index in [0.717, 1.165) is 17.5 Å². The van der Waals surface area contributed by atoms with E-state index in [1.54, 1.807) is 16.7 Å². The number of rotatable bonds is 4. The Morgan fingerprint density at radius 3 is 2.55 bits per heavy atom. The summed E-state index contributed by atoms with van der Waals surface area (Å²) in [5, 5.41) is 2.94. The van der Waals surface area contributed by atoms with Crippen molar-refractivity contribution >= 4 is 5.91 Å². The van der Waals surface area contributed by atoms with E-state index in [-0.39, 0.29) is 17.8 Å². The smallest absolute Gasteiger partial charge is 0.268 e. The first kappa shape index (κ1) is 14.3. The monoisotopic (exact) mass is 274 g/mol. The summed E-state index contributed by atoms with van der Waals surface area (Å²) >= 11 is 0. The van der Waals surface area contributed by atoms with Crippen molar-refractivity contribution in [3.8, 4) is 11.1 Å². The van der Waals surface area contributed by atoms with Crippen LogP contribution < -0.4 is 5.32 Å². The highest BCUT2D eigenvalue weighted by atomic mass is 19.1. The molecule has 106 valence electrons. The largest absolute Gasteiger partial charge is 0.348 e. The molecule has 0 aliphatic heterocycles. The van der Waals surface area contributed by atoms with E-state index in [4.69, 9.17) is 0 Å². The Kier molecular flexibility index (Phi) is 4.23. The fraction of sp³-hybridized carbons (Fsp3) is 0.312. The van der Waals surface area contributed by atoms with Gasteiger partial charge >= 0.3 is 0 Å². The van der Waals surface area contributed by atoms with Crippen LogP contribution in [0.15, 0.2) is 36.5 Å². The van der Waals surface area contributed by atoms with E-state index in [1.807, 2.05) is 33.2 Å². The molecule has 1 heterocycles. The van der Waals surface area contributed by atoms with E-state index in [0.29, 0.717) is 5.69 Å². The highest BCUT2D eigenvalue weighted by Gasteiger charge is 2.14. The number of nitrogens with one attached hydrogen (secondary N) is 1. The van der Waals surface area contributed by atoms with E-state index in [9.17, 15) is 9.18 Å². The van der Waals surface area contributed by atoms with Gasteiger partial charge in [-0.2, -0.15) is 0 Å². The van der Waals surface area contributed by atoms with Gasteiger partial charge in [0.2, 0.25) is 0 Å². The Labute approximate surface area is 118 Å². The number of benzene rings is 1. The average molecular weight is 274 g/mol. The number of carbonyl (C=O) groups excluding carboxylic acids is 1. The van der Waals surface area contributed by atoms with Crippen molar-refractivity contribution in [1.82, 2.24) is 9.88 Å². The van der Waals surface area contributed by atoms with Crippen LogP contribution in [0.4, 0.5) is 4.39 Å². The second-order valence-electron chi connectivity index (χ2n) is 5.01. The predicted octanol–water partition coefficient (Wildman–Crippen LogP) is 3.36. The number of amides is 1. The van der Waals surface area contributed by atoms with Crippen LogP contribution in [-0.2, 0) is 7.05 Å². The Bertz CT molecular complexity index is 601. The molecule has 0 spiro atoms. The maximum atomic E-state index is 12.9. The number of hydrogen-bond acceptors (Lipinski definition) is 1. The Morgan fingerprint density at radius 2 is 1.95 bits per heavy atom. The van der Waals surface area contributed by atoms with Crippen LogP contribution in [0.2, 0.25) is 0 Å². The van der Waals surface area contributed by atoms with Crippen LogP contribution in [0.3, 0.4) is 0 Å². The SMILES string of the molecule is CC[C@@H](C)NC(=O)c1cc(-c2ccc(F)cc2)cn1C. The van der Waals surface area contributed by atoms with Crippen LogP contribution in [0.25, 0.3) is 11.1 Å². The first-order chi connectivity index (χ1) is 9.51. The zero-order valence-corrected chi connectivity index (χ0v) is 12.0. The quantitative estimate of drug-likeness (QED) is 0.911. The number of aromatic nitrogens is 1. The molecular weight excluding hydrogens is 255 g/mol. The van der Waals surface area contributed by atoms with Crippen LogP contribution in [-0.4, -0.2) is 16.5 Å². The second-order valence-corrected chi connectivity index (χ2v) is 5.01. The van der Waals surface area contributed by atoms with E-state index in [1.165, 1.54) is 12.1 Å². The average Bonchev–Trinajstić information content (AvgIpc) is 2.81.